The first-order chi connectivity index (χ1) is 9.17. The molecule has 1 heterocycles. The lowest BCUT2D eigenvalue weighted by Crippen LogP contribution is -2.44. The highest BCUT2D eigenvalue weighted by molar-refractivity contribution is 5.85. The first kappa shape index (κ1) is 20.1. The van der Waals surface area contributed by atoms with Gasteiger partial charge >= 0.3 is 0 Å². The van der Waals surface area contributed by atoms with Gasteiger partial charge in [-0.3, -0.25) is 4.90 Å². The quantitative estimate of drug-likeness (QED) is 0.881. The predicted molar refractivity (Wildman–Crippen MR) is 88.6 cm³/mol. The molecule has 122 valence electrons. The third-order valence-electron chi connectivity index (χ3n) is 3.68. The van der Waals surface area contributed by atoms with Crippen LogP contribution in [0.3, 0.4) is 0 Å². The van der Waals surface area contributed by atoms with Crippen LogP contribution in [0.15, 0.2) is 12.1 Å². The van der Waals surface area contributed by atoms with Crippen LogP contribution < -0.4 is 14.8 Å². The minimum atomic E-state index is 0. The van der Waals surface area contributed by atoms with Crippen molar-refractivity contribution in [2.45, 2.75) is 13.0 Å². The number of nitrogens with zero attached hydrogens (tertiary/aromatic N) is 1. The Morgan fingerprint density at radius 3 is 2.00 bits per heavy atom. The average molecular weight is 339 g/mol. The molecular weight excluding hydrogens is 315 g/mol. The number of methoxy groups -OCH3 is 2. The lowest BCUT2D eigenvalue weighted by molar-refractivity contribution is 0.185. The predicted octanol–water partition coefficient (Wildman–Crippen LogP) is 2.22. The average Bonchev–Trinajstić information content (AvgIpc) is 2.47. The molecule has 0 saturated carbocycles. The standard InChI is InChI=1S/C14H22N2O3.2ClH/c1-10(16-6-4-15-5-7-16)11-8-12(18-2)14(17)13(9-11)19-3;;/h8-10,15,17H,4-7H2,1-3H3;2*1H/t10-;;/m1../s1. The molecule has 1 aliphatic rings. The van der Waals surface area contributed by atoms with Gasteiger partial charge in [0.2, 0.25) is 5.75 Å². The zero-order valence-electron chi connectivity index (χ0n) is 12.6. The van der Waals surface area contributed by atoms with Crippen molar-refractivity contribution in [2.24, 2.45) is 0 Å². The summed E-state index contributed by atoms with van der Waals surface area (Å²) in [6, 6.07) is 4.03. The fourth-order valence-corrected chi connectivity index (χ4v) is 2.44. The van der Waals surface area contributed by atoms with Crippen molar-refractivity contribution < 1.29 is 14.6 Å². The summed E-state index contributed by atoms with van der Waals surface area (Å²) in [6.07, 6.45) is 0. The lowest BCUT2D eigenvalue weighted by atomic mass is 10.0. The molecule has 0 radical (unpaired) electrons. The Morgan fingerprint density at radius 2 is 1.57 bits per heavy atom. The van der Waals surface area contributed by atoms with Gasteiger partial charge in [0, 0.05) is 32.2 Å². The van der Waals surface area contributed by atoms with Crippen LogP contribution in [0.1, 0.15) is 18.5 Å². The van der Waals surface area contributed by atoms with Crippen molar-refractivity contribution in [3.63, 3.8) is 0 Å². The van der Waals surface area contributed by atoms with Crippen LogP contribution in [0.25, 0.3) is 0 Å². The Morgan fingerprint density at radius 1 is 1.10 bits per heavy atom. The van der Waals surface area contributed by atoms with Gasteiger partial charge in [-0.25, -0.2) is 0 Å². The topological polar surface area (TPSA) is 54.0 Å². The summed E-state index contributed by atoms with van der Waals surface area (Å²) in [5, 5.41) is 13.3. The number of ether oxygens (including phenoxy) is 2. The number of phenolic OH excluding ortho intramolecular Hbond substituents is 1. The first-order valence-electron chi connectivity index (χ1n) is 6.57. The maximum Gasteiger partial charge on any atom is 0.200 e. The lowest BCUT2D eigenvalue weighted by Gasteiger charge is -2.33. The van der Waals surface area contributed by atoms with Gasteiger partial charge < -0.3 is 19.9 Å². The van der Waals surface area contributed by atoms with Crippen molar-refractivity contribution >= 4 is 24.8 Å². The molecule has 1 fully saturated rings. The number of halogens is 2. The molecule has 0 bridgehead atoms. The summed E-state index contributed by atoms with van der Waals surface area (Å²) < 4.78 is 10.4. The molecule has 0 aliphatic carbocycles. The molecule has 1 atom stereocenters. The highest BCUT2D eigenvalue weighted by Crippen LogP contribution is 2.39. The van der Waals surface area contributed by atoms with Gasteiger partial charge in [-0.1, -0.05) is 0 Å². The van der Waals surface area contributed by atoms with Crippen LogP contribution in [0.2, 0.25) is 0 Å². The molecule has 0 spiro atoms. The molecule has 2 N–H and O–H groups in total. The third kappa shape index (κ3) is 4.54. The van der Waals surface area contributed by atoms with E-state index < -0.39 is 0 Å². The molecule has 1 aromatic rings. The molecule has 0 unspecified atom stereocenters. The van der Waals surface area contributed by atoms with Crippen LogP contribution in [-0.2, 0) is 0 Å². The highest BCUT2D eigenvalue weighted by Gasteiger charge is 2.21. The second-order valence-electron chi connectivity index (χ2n) is 4.74. The molecular formula is C14H24Cl2N2O3. The van der Waals surface area contributed by atoms with E-state index in [1.165, 1.54) is 0 Å². The van der Waals surface area contributed by atoms with Gasteiger partial charge in [-0.2, -0.15) is 0 Å². The number of piperazine rings is 1. The van der Waals surface area contributed by atoms with E-state index in [1.807, 2.05) is 12.1 Å². The number of hydrogen-bond donors (Lipinski definition) is 2. The maximum atomic E-state index is 9.93. The third-order valence-corrected chi connectivity index (χ3v) is 3.68. The molecule has 1 aromatic carbocycles. The summed E-state index contributed by atoms with van der Waals surface area (Å²) in [4.78, 5) is 2.40. The van der Waals surface area contributed by atoms with E-state index in [9.17, 15) is 5.11 Å². The summed E-state index contributed by atoms with van der Waals surface area (Å²) in [6.45, 7) is 6.23. The number of benzene rings is 1. The number of rotatable bonds is 4. The molecule has 2 rings (SSSR count). The van der Waals surface area contributed by atoms with Crippen LogP contribution in [-0.4, -0.2) is 50.4 Å². The molecule has 0 amide bonds. The zero-order valence-corrected chi connectivity index (χ0v) is 14.2. The Kier molecular flexibility index (Phi) is 8.82. The van der Waals surface area contributed by atoms with E-state index in [2.05, 4.69) is 17.1 Å². The van der Waals surface area contributed by atoms with Gasteiger partial charge in [-0.05, 0) is 24.6 Å². The Bertz CT molecular complexity index is 415. The van der Waals surface area contributed by atoms with Crippen molar-refractivity contribution in [3.8, 4) is 17.2 Å². The molecule has 5 nitrogen and oxygen atoms in total. The summed E-state index contributed by atoms with van der Waals surface area (Å²) >= 11 is 0. The van der Waals surface area contributed by atoms with Gasteiger partial charge in [0.15, 0.2) is 11.5 Å². The summed E-state index contributed by atoms with van der Waals surface area (Å²) in [5.41, 5.74) is 1.09. The molecule has 21 heavy (non-hydrogen) atoms. The summed E-state index contributed by atoms with van der Waals surface area (Å²) in [5.74, 6) is 0.967. The molecule has 7 heteroatoms. The minimum Gasteiger partial charge on any atom is -0.502 e. The fraction of sp³-hybridized carbons (Fsp3) is 0.571. The SMILES string of the molecule is COc1cc([C@@H](C)N2CCNCC2)cc(OC)c1O.Cl.Cl. The van der Waals surface area contributed by atoms with Crippen LogP contribution in [0.5, 0.6) is 17.2 Å². The van der Waals surface area contributed by atoms with Crippen molar-refractivity contribution in [3.05, 3.63) is 17.7 Å². The van der Waals surface area contributed by atoms with Gasteiger partial charge in [0.25, 0.3) is 0 Å². The largest absolute Gasteiger partial charge is 0.502 e. The Hall–Kier alpha value is -0.880. The number of aromatic hydroxyl groups is 1. The Balaban J connectivity index is 0.00000200. The zero-order chi connectivity index (χ0) is 13.8. The van der Waals surface area contributed by atoms with Gasteiger partial charge in [-0.15, -0.1) is 24.8 Å². The molecule has 1 aliphatic heterocycles. The van der Waals surface area contributed by atoms with E-state index in [1.54, 1.807) is 14.2 Å². The second-order valence-corrected chi connectivity index (χ2v) is 4.74. The van der Waals surface area contributed by atoms with Crippen LogP contribution in [0, 0.1) is 0 Å². The normalized spacial score (nSPS) is 16.3. The maximum absolute atomic E-state index is 9.93. The minimum absolute atomic E-state index is 0. The van der Waals surface area contributed by atoms with Crippen LogP contribution in [0.4, 0.5) is 0 Å². The highest BCUT2D eigenvalue weighted by atomic mass is 35.5. The number of nitrogens with one attached hydrogen (secondary N) is 1. The van der Waals surface area contributed by atoms with Crippen LogP contribution >= 0.6 is 24.8 Å². The molecule has 0 aromatic heterocycles. The van der Waals surface area contributed by atoms with Crippen molar-refractivity contribution in [1.29, 1.82) is 0 Å². The van der Waals surface area contributed by atoms with Crippen molar-refractivity contribution in [2.75, 3.05) is 40.4 Å². The monoisotopic (exact) mass is 338 g/mol. The fourth-order valence-electron chi connectivity index (χ4n) is 2.44. The van der Waals surface area contributed by atoms with Crippen molar-refractivity contribution in [1.82, 2.24) is 10.2 Å². The molecule has 1 saturated heterocycles. The van der Waals surface area contributed by atoms with E-state index >= 15 is 0 Å². The second kappa shape index (κ2) is 9.20. The smallest absolute Gasteiger partial charge is 0.200 e. The number of hydrogen-bond acceptors (Lipinski definition) is 5. The Labute approximate surface area is 138 Å². The van der Waals surface area contributed by atoms with E-state index in [-0.39, 0.29) is 36.6 Å². The first-order valence-corrected chi connectivity index (χ1v) is 6.57. The summed E-state index contributed by atoms with van der Waals surface area (Å²) in [7, 11) is 3.10. The number of phenols is 1. The van der Waals surface area contributed by atoms with Gasteiger partial charge in [0.1, 0.15) is 0 Å². The van der Waals surface area contributed by atoms with E-state index in [0.717, 1.165) is 31.7 Å². The van der Waals surface area contributed by atoms with E-state index in [0.29, 0.717) is 11.5 Å². The van der Waals surface area contributed by atoms with E-state index in [4.69, 9.17) is 9.47 Å². The van der Waals surface area contributed by atoms with Gasteiger partial charge in [0.05, 0.1) is 14.2 Å².